The molecular formula is C11H9ClN2O2. The van der Waals surface area contributed by atoms with Gasteiger partial charge in [-0.15, -0.1) is 0 Å². The Labute approximate surface area is 96.5 Å². The number of hydrogen-bond acceptors (Lipinski definition) is 3. The zero-order valence-electron chi connectivity index (χ0n) is 8.61. The summed E-state index contributed by atoms with van der Waals surface area (Å²) in [6.45, 7) is 1.75. The molecule has 1 heterocycles. The fourth-order valence-corrected chi connectivity index (χ4v) is 1.87. The van der Waals surface area contributed by atoms with E-state index < -0.39 is 0 Å². The van der Waals surface area contributed by atoms with Crippen molar-refractivity contribution in [2.45, 2.75) is 13.5 Å². The van der Waals surface area contributed by atoms with Crippen LogP contribution in [0.25, 0.3) is 10.9 Å². The van der Waals surface area contributed by atoms with Crippen LogP contribution in [0.3, 0.4) is 0 Å². The van der Waals surface area contributed by atoms with Crippen LogP contribution in [-0.4, -0.2) is 15.8 Å². The van der Waals surface area contributed by atoms with Crippen LogP contribution in [0.15, 0.2) is 23.0 Å². The van der Waals surface area contributed by atoms with E-state index in [0.717, 1.165) is 10.1 Å². The highest BCUT2D eigenvalue weighted by molar-refractivity contribution is 6.28. The molecule has 0 unspecified atom stereocenters. The average Bonchev–Trinajstić information content (AvgIpc) is 2.24. The number of halogens is 1. The molecule has 0 bridgehead atoms. The van der Waals surface area contributed by atoms with Crippen LogP contribution in [0.4, 0.5) is 0 Å². The zero-order chi connectivity index (χ0) is 11.7. The highest BCUT2D eigenvalue weighted by atomic mass is 35.5. The van der Waals surface area contributed by atoms with Crippen LogP contribution in [-0.2, 0) is 11.3 Å². The van der Waals surface area contributed by atoms with Gasteiger partial charge in [-0.3, -0.25) is 9.36 Å². The van der Waals surface area contributed by atoms with Gasteiger partial charge >= 0.3 is 0 Å². The molecule has 4 nitrogen and oxygen atoms in total. The number of carbonyl (C=O) groups excluding carboxylic acids is 1. The topological polar surface area (TPSA) is 52.0 Å². The first-order valence-corrected chi connectivity index (χ1v) is 5.12. The predicted octanol–water partition coefficient (Wildman–Crippen LogP) is 1.56. The largest absolute Gasteiger partial charge is 0.301 e. The van der Waals surface area contributed by atoms with Crippen molar-refractivity contribution in [3.05, 3.63) is 39.4 Å². The average molecular weight is 237 g/mol. The predicted molar refractivity (Wildman–Crippen MR) is 61.8 cm³/mol. The number of rotatable bonds is 2. The number of aldehydes is 1. The first-order valence-electron chi connectivity index (χ1n) is 4.74. The van der Waals surface area contributed by atoms with Crippen LogP contribution in [0, 0.1) is 6.92 Å². The number of hydrogen-bond donors (Lipinski definition) is 0. The molecule has 1 aromatic heterocycles. The quantitative estimate of drug-likeness (QED) is 0.587. The summed E-state index contributed by atoms with van der Waals surface area (Å²) in [5.74, 6) is 0. The molecule has 0 radical (unpaired) electrons. The van der Waals surface area contributed by atoms with Gasteiger partial charge in [0.25, 0.3) is 5.56 Å². The number of fused-ring (bicyclic) bond motifs is 1. The van der Waals surface area contributed by atoms with E-state index in [1.165, 1.54) is 0 Å². The van der Waals surface area contributed by atoms with E-state index in [4.69, 9.17) is 11.6 Å². The maximum Gasteiger partial charge on any atom is 0.262 e. The molecule has 0 aliphatic rings. The number of aryl methyl sites for hydroxylation is 1. The molecule has 0 fully saturated rings. The lowest BCUT2D eigenvalue weighted by atomic mass is 10.1. The number of nitrogens with zero attached hydrogens (tertiary/aromatic N) is 2. The second-order valence-corrected chi connectivity index (χ2v) is 3.77. The minimum absolute atomic E-state index is 0.0372. The molecule has 0 spiro atoms. The summed E-state index contributed by atoms with van der Waals surface area (Å²) in [5, 5.41) is 0.545. The molecule has 2 rings (SSSR count). The molecule has 1 aromatic carbocycles. The van der Waals surface area contributed by atoms with Crippen molar-refractivity contribution in [3.63, 3.8) is 0 Å². The lowest BCUT2D eigenvalue weighted by molar-refractivity contribution is -0.108. The van der Waals surface area contributed by atoms with Gasteiger partial charge in [0.1, 0.15) is 6.29 Å². The first-order chi connectivity index (χ1) is 7.65. The van der Waals surface area contributed by atoms with Crippen molar-refractivity contribution in [2.24, 2.45) is 0 Å². The van der Waals surface area contributed by atoms with Crippen molar-refractivity contribution < 1.29 is 4.79 Å². The van der Waals surface area contributed by atoms with E-state index in [0.29, 0.717) is 17.2 Å². The van der Waals surface area contributed by atoms with E-state index in [2.05, 4.69) is 4.98 Å². The molecule has 16 heavy (non-hydrogen) atoms. The van der Waals surface area contributed by atoms with E-state index in [9.17, 15) is 9.59 Å². The standard InChI is InChI=1S/C11H9ClN2O2/c1-7-3-2-4-8-9(7)10(16)14(5-6-15)11(12)13-8/h2-4,6H,5H2,1H3. The summed E-state index contributed by atoms with van der Waals surface area (Å²) in [7, 11) is 0. The minimum atomic E-state index is -0.278. The summed E-state index contributed by atoms with van der Waals surface area (Å²) < 4.78 is 1.16. The summed E-state index contributed by atoms with van der Waals surface area (Å²) in [5.41, 5.74) is 1.10. The maximum atomic E-state index is 12.0. The van der Waals surface area contributed by atoms with E-state index in [1.807, 2.05) is 19.1 Å². The van der Waals surface area contributed by atoms with Gasteiger partial charge in [-0.2, -0.15) is 0 Å². The monoisotopic (exact) mass is 236 g/mol. The third-order valence-corrected chi connectivity index (χ3v) is 2.69. The second kappa shape index (κ2) is 4.06. The summed E-state index contributed by atoms with van der Waals surface area (Å²) in [6.07, 6.45) is 0.624. The smallest absolute Gasteiger partial charge is 0.262 e. The van der Waals surface area contributed by atoms with Gasteiger partial charge in [-0.1, -0.05) is 12.1 Å². The Hall–Kier alpha value is -1.68. The highest BCUT2D eigenvalue weighted by Crippen LogP contribution is 2.14. The van der Waals surface area contributed by atoms with Gasteiger partial charge in [0.05, 0.1) is 17.4 Å². The van der Waals surface area contributed by atoms with Crippen LogP contribution in [0.1, 0.15) is 5.56 Å². The Bertz CT molecular complexity index is 619. The fourth-order valence-electron chi connectivity index (χ4n) is 1.63. The van der Waals surface area contributed by atoms with Gasteiger partial charge in [-0.05, 0) is 30.2 Å². The molecular weight excluding hydrogens is 228 g/mol. The van der Waals surface area contributed by atoms with Gasteiger partial charge < -0.3 is 4.79 Å². The van der Waals surface area contributed by atoms with E-state index in [-0.39, 0.29) is 17.4 Å². The van der Waals surface area contributed by atoms with Crippen LogP contribution in [0.5, 0.6) is 0 Å². The van der Waals surface area contributed by atoms with Crippen LogP contribution >= 0.6 is 11.6 Å². The van der Waals surface area contributed by atoms with E-state index in [1.54, 1.807) is 6.07 Å². The first kappa shape index (κ1) is 10.8. The maximum absolute atomic E-state index is 12.0. The van der Waals surface area contributed by atoms with Gasteiger partial charge in [-0.25, -0.2) is 4.98 Å². The Morgan fingerprint density at radius 1 is 1.50 bits per heavy atom. The molecule has 0 amide bonds. The second-order valence-electron chi connectivity index (χ2n) is 3.43. The van der Waals surface area contributed by atoms with E-state index >= 15 is 0 Å². The third-order valence-electron chi connectivity index (χ3n) is 2.40. The molecule has 82 valence electrons. The fraction of sp³-hybridized carbons (Fsp3) is 0.182. The molecule has 0 aliphatic heterocycles. The lowest BCUT2D eigenvalue weighted by Crippen LogP contribution is -2.23. The Balaban J connectivity index is 2.91. The number of aromatic nitrogens is 2. The Morgan fingerprint density at radius 2 is 2.25 bits per heavy atom. The van der Waals surface area contributed by atoms with Crippen molar-refractivity contribution in [2.75, 3.05) is 0 Å². The SMILES string of the molecule is Cc1cccc2nc(Cl)n(CC=O)c(=O)c12. The zero-order valence-corrected chi connectivity index (χ0v) is 9.36. The lowest BCUT2D eigenvalue weighted by Gasteiger charge is -2.07. The molecule has 0 saturated carbocycles. The van der Waals surface area contributed by atoms with Crippen LogP contribution < -0.4 is 5.56 Å². The summed E-state index contributed by atoms with van der Waals surface area (Å²) in [6, 6.07) is 5.36. The number of benzene rings is 1. The summed E-state index contributed by atoms with van der Waals surface area (Å²) >= 11 is 5.83. The Kier molecular flexibility index (Phi) is 2.75. The van der Waals surface area contributed by atoms with Crippen molar-refractivity contribution >= 4 is 28.8 Å². The van der Waals surface area contributed by atoms with Crippen LogP contribution in [0.2, 0.25) is 5.28 Å². The van der Waals surface area contributed by atoms with Gasteiger partial charge in [0.15, 0.2) is 0 Å². The third kappa shape index (κ3) is 1.61. The highest BCUT2D eigenvalue weighted by Gasteiger charge is 2.10. The van der Waals surface area contributed by atoms with Crippen molar-refractivity contribution in [3.8, 4) is 0 Å². The summed E-state index contributed by atoms with van der Waals surface area (Å²) in [4.78, 5) is 26.6. The molecule has 0 saturated heterocycles. The molecule has 0 aliphatic carbocycles. The molecule has 5 heteroatoms. The normalized spacial score (nSPS) is 10.6. The molecule has 0 N–H and O–H groups in total. The van der Waals surface area contributed by atoms with Gasteiger partial charge in [0, 0.05) is 0 Å². The minimum Gasteiger partial charge on any atom is -0.301 e. The van der Waals surface area contributed by atoms with Gasteiger partial charge in [0.2, 0.25) is 5.28 Å². The van der Waals surface area contributed by atoms with Crippen molar-refractivity contribution in [1.82, 2.24) is 9.55 Å². The Morgan fingerprint density at radius 3 is 2.94 bits per heavy atom. The number of carbonyl (C=O) groups is 1. The van der Waals surface area contributed by atoms with Crippen molar-refractivity contribution in [1.29, 1.82) is 0 Å². The molecule has 0 atom stereocenters. The molecule has 2 aromatic rings.